The van der Waals surface area contributed by atoms with Gasteiger partial charge in [-0.25, -0.2) is 0 Å². The summed E-state index contributed by atoms with van der Waals surface area (Å²) in [5, 5.41) is 0. The van der Waals surface area contributed by atoms with E-state index in [4.69, 9.17) is 0 Å². The zero-order valence-corrected chi connectivity index (χ0v) is 11.0. The highest BCUT2D eigenvalue weighted by Crippen LogP contribution is 2.40. The molecule has 0 nitrogen and oxygen atoms in total. The van der Waals surface area contributed by atoms with Crippen molar-refractivity contribution in [2.45, 2.75) is 47.5 Å². The second-order valence-corrected chi connectivity index (χ2v) is 7.42. The van der Waals surface area contributed by atoms with Gasteiger partial charge in [0, 0.05) is 0 Å². The molecule has 0 radical (unpaired) electrons. The summed E-state index contributed by atoms with van der Waals surface area (Å²) in [6.07, 6.45) is 7.32. The topological polar surface area (TPSA) is 0 Å². The average Bonchev–Trinajstić information content (AvgIpc) is 1.98. The molecular formula is C12H27P. The fraction of sp³-hybridized carbons (Fsp3) is 1.00. The minimum Gasteiger partial charge on any atom is -0.106 e. The lowest BCUT2D eigenvalue weighted by molar-refractivity contribution is 0.714. The molecule has 0 fully saturated rings. The molecule has 0 aliphatic heterocycles. The predicted octanol–water partition coefficient (Wildman–Crippen LogP) is 4.58. The highest BCUT2D eigenvalue weighted by atomic mass is 31.1. The van der Waals surface area contributed by atoms with Gasteiger partial charge < -0.3 is 0 Å². The van der Waals surface area contributed by atoms with Gasteiger partial charge in [0.1, 0.15) is 0 Å². The first kappa shape index (κ1) is 13.4. The molecule has 0 aromatic rings. The Morgan fingerprint density at radius 1 is 0.923 bits per heavy atom. The second-order valence-electron chi connectivity index (χ2n) is 4.90. The molecule has 0 aromatic heterocycles. The maximum absolute atomic E-state index is 2.36. The summed E-state index contributed by atoms with van der Waals surface area (Å²) in [6.45, 7) is 11.8. The van der Waals surface area contributed by atoms with Crippen molar-refractivity contribution in [2.24, 2.45) is 11.8 Å². The average molecular weight is 202 g/mol. The maximum atomic E-state index is 2.36. The molecule has 0 N–H and O–H groups in total. The third kappa shape index (κ3) is 8.75. The summed E-state index contributed by atoms with van der Waals surface area (Å²) in [6, 6.07) is 0. The van der Waals surface area contributed by atoms with Crippen LogP contribution < -0.4 is 0 Å². The van der Waals surface area contributed by atoms with Gasteiger partial charge in [0.25, 0.3) is 0 Å². The molecule has 1 heteroatoms. The van der Waals surface area contributed by atoms with Gasteiger partial charge in [0.05, 0.1) is 0 Å². The molecular weight excluding hydrogens is 175 g/mol. The van der Waals surface area contributed by atoms with Crippen molar-refractivity contribution in [3.63, 3.8) is 0 Å². The molecule has 0 rings (SSSR count). The van der Waals surface area contributed by atoms with Crippen LogP contribution in [0.15, 0.2) is 0 Å². The van der Waals surface area contributed by atoms with E-state index in [-0.39, 0.29) is 0 Å². The standard InChI is InChI=1S/C12H27P/c1-6-7-8-13(9-11(2)3)10-12(4)5/h11-12H,6-10H2,1-5H3. The number of unbranched alkanes of at least 4 members (excludes halogenated alkanes) is 1. The van der Waals surface area contributed by atoms with E-state index in [9.17, 15) is 0 Å². The summed E-state index contributed by atoms with van der Waals surface area (Å²) in [5.74, 6) is 1.81. The maximum Gasteiger partial charge on any atom is -0.0303 e. The Labute approximate surface area is 86.3 Å². The SMILES string of the molecule is CCCCP(CC(C)C)CC(C)C. The predicted molar refractivity (Wildman–Crippen MR) is 66.1 cm³/mol. The van der Waals surface area contributed by atoms with Gasteiger partial charge in [-0.3, -0.25) is 0 Å². The van der Waals surface area contributed by atoms with E-state index in [2.05, 4.69) is 34.6 Å². The van der Waals surface area contributed by atoms with E-state index in [0.29, 0.717) is 7.92 Å². The molecule has 0 heterocycles. The summed E-state index contributed by atoms with van der Waals surface area (Å²) >= 11 is 0. The molecule has 0 spiro atoms. The summed E-state index contributed by atoms with van der Waals surface area (Å²) in [7, 11) is 0.355. The normalized spacial score (nSPS) is 12.0. The molecule has 0 aliphatic carbocycles. The molecule has 0 aliphatic rings. The fourth-order valence-corrected chi connectivity index (χ4v) is 5.01. The first-order chi connectivity index (χ1) is 6.06. The zero-order chi connectivity index (χ0) is 10.3. The minimum atomic E-state index is 0.355. The highest BCUT2D eigenvalue weighted by Gasteiger charge is 2.11. The van der Waals surface area contributed by atoms with Gasteiger partial charge >= 0.3 is 0 Å². The summed E-state index contributed by atoms with van der Waals surface area (Å²) in [4.78, 5) is 0. The van der Waals surface area contributed by atoms with Gasteiger partial charge in [-0.05, 0) is 36.7 Å². The Balaban J connectivity index is 3.73. The molecule has 0 saturated carbocycles. The largest absolute Gasteiger partial charge is 0.106 e. The molecule has 13 heavy (non-hydrogen) atoms. The van der Waals surface area contributed by atoms with Gasteiger partial charge in [-0.2, -0.15) is 0 Å². The van der Waals surface area contributed by atoms with Crippen molar-refractivity contribution >= 4 is 7.92 Å². The minimum absolute atomic E-state index is 0.355. The fourth-order valence-electron chi connectivity index (χ4n) is 1.67. The first-order valence-electron chi connectivity index (χ1n) is 5.78. The molecule has 0 amide bonds. The van der Waals surface area contributed by atoms with E-state index < -0.39 is 0 Å². The van der Waals surface area contributed by atoms with Crippen molar-refractivity contribution in [3.05, 3.63) is 0 Å². The summed E-state index contributed by atoms with van der Waals surface area (Å²) in [5.41, 5.74) is 0. The number of rotatable bonds is 7. The Hall–Kier alpha value is 0.430. The first-order valence-corrected chi connectivity index (χ1v) is 7.68. The highest BCUT2D eigenvalue weighted by molar-refractivity contribution is 7.57. The lowest BCUT2D eigenvalue weighted by atomic mass is 10.3. The van der Waals surface area contributed by atoms with E-state index in [0.717, 1.165) is 11.8 Å². The van der Waals surface area contributed by atoms with E-state index >= 15 is 0 Å². The summed E-state index contributed by atoms with van der Waals surface area (Å²) < 4.78 is 0. The quantitative estimate of drug-likeness (QED) is 0.530. The number of hydrogen-bond donors (Lipinski definition) is 0. The molecule has 0 saturated heterocycles. The third-order valence-electron chi connectivity index (χ3n) is 2.07. The molecule has 0 atom stereocenters. The monoisotopic (exact) mass is 202 g/mol. The van der Waals surface area contributed by atoms with Crippen molar-refractivity contribution in [1.29, 1.82) is 0 Å². The van der Waals surface area contributed by atoms with Crippen molar-refractivity contribution in [1.82, 2.24) is 0 Å². The van der Waals surface area contributed by atoms with Crippen LogP contribution >= 0.6 is 7.92 Å². The van der Waals surface area contributed by atoms with Gasteiger partial charge in [0.2, 0.25) is 0 Å². The van der Waals surface area contributed by atoms with Crippen molar-refractivity contribution < 1.29 is 0 Å². The molecule has 80 valence electrons. The van der Waals surface area contributed by atoms with E-state index in [1.165, 1.54) is 31.3 Å². The Morgan fingerprint density at radius 3 is 1.69 bits per heavy atom. The lowest BCUT2D eigenvalue weighted by Gasteiger charge is -2.21. The van der Waals surface area contributed by atoms with Crippen LogP contribution in [-0.4, -0.2) is 18.5 Å². The molecule has 0 unspecified atom stereocenters. The van der Waals surface area contributed by atoms with Crippen molar-refractivity contribution in [2.75, 3.05) is 18.5 Å². The number of hydrogen-bond acceptors (Lipinski definition) is 0. The molecule has 0 aromatic carbocycles. The third-order valence-corrected chi connectivity index (χ3v) is 5.52. The van der Waals surface area contributed by atoms with Crippen LogP contribution in [0.25, 0.3) is 0 Å². The Bertz CT molecular complexity index is 97.7. The van der Waals surface area contributed by atoms with Crippen molar-refractivity contribution in [3.8, 4) is 0 Å². The lowest BCUT2D eigenvalue weighted by Crippen LogP contribution is -2.04. The van der Waals surface area contributed by atoms with E-state index in [1.807, 2.05) is 0 Å². The van der Waals surface area contributed by atoms with Crippen LogP contribution in [0.3, 0.4) is 0 Å². The van der Waals surface area contributed by atoms with Crippen LogP contribution in [0.4, 0.5) is 0 Å². The van der Waals surface area contributed by atoms with Gasteiger partial charge in [0.15, 0.2) is 0 Å². The molecule has 0 bridgehead atoms. The van der Waals surface area contributed by atoms with Crippen LogP contribution in [0.5, 0.6) is 0 Å². The smallest absolute Gasteiger partial charge is 0.0303 e. The van der Waals surface area contributed by atoms with Gasteiger partial charge in [-0.1, -0.05) is 41.0 Å². The Morgan fingerprint density at radius 2 is 1.38 bits per heavy atom. The van der Waals surface area contributed by atoms with Gasteiger partial charge in [-0.15, -0.1) is 7.92 Å². The van der Waals surface area contributed by atoms with Crippen LogP contribution in [0.1, 0.15) is 47.5 Å². The second kappa shape index (κ2) is 7.80. The van der Waals surface area contributed by atoms with Crippen LogP contribution in [-0.2, 0) is 0 Å². The zero-order valence-electron chi connectivity index (χ0n) is 10.1. The van der Waals surface area contributed by atoms with E-state index in [1.54, 1.807) is 0 Å². The van der Waals surface area contributed by atoms with Crippen LogP contribution in [0, 0.1) is 11.8 Å². The van der Waals surface area contributed by atoms with Crippen LogP contribution in [0.2, 0.25) is 0 Å². The Kier molecular flexibility index (Phi) is 8.06.